The van der Waals surface area contributed by atoms with E-state index in [1.165, 1.54) is 0 Å². The van der Waals surface area contributed by atoms with Gasteiger partial charge in [0.1, 0.15) is 0 Å². The monoisotopic (exact) mass is 337 g/mol. The maximum atomic E-state index is 12.9. The predicted octanol–water partition coefficient (Wildman–Crippen LogP) is 5.76. The summed E-state index contributed by atoms with van der Waals surface area (Å²) in [6.45, 7) is 0. The summed E-state index contributed by atoms with van der Waals surface area (Å²) >= 11 is 0.178. The zero-order valence-electron chi connectivity index (χ0n) is 9.46. The molecule has 0 atom stereocenters. The van der Waals surface area contributed by atoms with E-state index in [0.717, 1.165) is 0 Å². The van der Waals surface area contributed by atoms with E-state index in [4.69, 9.17) is 0 Å². The molecule has 10 heteroatoms. The number of rotatable bonds is 0. The molecule has 0 aliphatic heterocycles. The number of alkyl halides is 9. The number of halogens is 9. The molecule has 0 bridgehead atoms. The van der Waals surface area contributed by atoms with Gasteiger partial charge < -0.3 is 0 Å². The lowest BCUT2D eigenvalue weighted by molar-refractivity contribution is -0.161. The molecule has 1 radical (unpaired) electrons. The summed E-state index contributed by atoms with van der Waals surface area (Å²) in [5.74, 6) is 0. The molecule has 0 spiro atoms. The van der Waals surface area contributed by atoms with E-state index in [-0.39, 0.29) is 17.4 Å². The van der Waals surface area contributed by atoms with Crippen molar-refractivity contribution in [1.82, 2.24) is 0 Å². The average Bonchev–Trinajstić information content (AvgIpc) is 2.67. The zero-order valence-corrected chi connectivity index (χ0v) is 10.3. The van der Waals surface area contributed by atoms with Gasteiger partial charge >= 0.3 is 18.5 Å². The fourth-order valence-corrected chi connectivity index (χ4v) is 2.68. The molecular weight excluding hydrogens is 335 g/mol. The van der Waals surface area contributed by atoms with E-state index in [9.17, 15) is 39.5 Å². The molecule has 115 valence electrons. The minimum atomic E-state index is -5.58. The third-order valence-electron chi connectivity index (χ3n) is 2.55. The molecular formula is C11H2F9S. The second-order valence-electron chi connectivity index (χ2n) is 3.93. The topological polar surface area (TPSA) is 0 Å². The van der Waals surface area contributed by atoms with Gasteiger partial charge in [0.15, 0.2) is 0 Å². The quantitative estimate of drug-likeness (QED) is 0.536. The standard InChI is InChI=1S/C11H2F9S/c12-9(13,14)4-1-2-6-7(8(4)11(18,19)20)5(3-21-6)10(15,16)17/h1-2H. The van der Waals surface area contributed by atoms with E-state index < -0.39 is 45.3 Å². The fourth-order valence-electron chi connectivity index (χ4n) is 1.80. The first-order chi connectivity index (χ1) is 9.33. The van der Waals surface area contributed by atoms with Crippen LogP contribution in [-0.2, 0) is 18.5 Å². The van der Waals surface area contributed by atoms with Crippen LogP contribution in [0.3, 0.4) is 0 Å². The summed E-state index contributed by atoms with van der Waals surface area (Å²) in [5.41, 5.74) is -6.34. The molecule has 0 amide bonds. The van der Waals surface area contributed by atoms with Crippen LogP contribution in [-0.4, -0.2) is 0 Å². The highest BCUT2D eigenvalue weighted by atomic mass is 32.1. The van der Waals surface area contributed by atoms with Crippen LogP contribution in [0.4, 0.5) is 39.5 Å². The normalized spacial score (nSPS) is 14.0. The third-order valence-corrected chi connectivity index (χ3v) is 3.42. The minimum Gasteiger partial charge on any atom is -0.166 e. The van der Waals surface area contributed by atoms with E-state index in [2.05, 4.69) is 0 Å². The second kappa shape index (κ2) is 4.52. The summed E-state index contributed by atoms with van der Waals surface area (Å²) in [4.78, 5) is 0. The van der Waals surface area contributed by atoms with Crippen LogP contribution in [0.15, 0.2) is 12.1 Å². The van der Waals surface area contributed by atoms with Crippen LogP contribution in [0, 0.1) is 5.38 Å². The molecule has 0 fully saturated rings. The summed E-state index contributed by atoms with van der Waals surface area (Å²) in [6.07, 6.45) is -16.2. The van der Waals surface area contributed by atoms with Crippen LogP contribution in [0.1, 0.15) is 16.7 Å². The summed E-state index contributed by atoms with van der Waals surface area (Å²) < 4.78 is 114. The Morgan fingerprint density at radius 1 is 0.762 bits per heavy atom. The molecule has 0 saturated carbocycles. The van der Waals surface area contributed by atoms with Crippen molar-refractivity contribution >= 4 is 21.4 Å². The number of thiophene rings is 1. The Hall–Kier alpha value is -1.45. The third kappa shape index (κ3) is 2.81. The van der Waals surface area contributed by atoms with Gasteiger partial charge in [0.05, 0.1) is 22.1 Å². The molecule has 0 unspecified atom stereocenters. The van der Waals surface area contributed by atoms with Crippen LogP contribution < -0.4 is 0 Å². The molecule has 0 nitrogen and oxygen atoms in total. The molecule has 1 aromatic carbocycles. The highest BCUT2D eigenvalue weighted by Crippen LogP contribution is 2.48. The first-order valence-electron chi connectivity index (χ1n) is 5.02. The highest BCUT2D eigenvalue weighted by molar-refractivity contribution is 7.17. The lowest BCUT2D eigenvalue weighted by Crippen LogP contribution is -2.18. The predicted molar refractivity (Wildman–Crippen MR) is 55.7 cm³/mol. The maximum Gasteiger partial charge on any atom is 0.418 e. The number of benzene rings is 1. The number of fused-ring (bicyclic) bond motifs is 1. The van der Waals surface area contributed by atoms with Crippen LogP contribution in [0.5, 0.6) is 0 Å². The first kappa shape index (κ1) is 15.9. The lowest BCUT2D eigenvalue weighted by Gasteiger charge is -2.17. The van der Waals surface area contributed by atoms with Gasteiger partial charge in [0.2, 0.25) is 0 Å². The van der Waals surface area contributed by atoms with E-state index >= 15 is 0 Å². The van der Waals surface area contributed by atoms with Gasteiger partial charge in [-0.25, -0.2) is 0 Å². The molecule has 1 heterocycles. The van der Waals surface area contributed by atoms with Gasteiger partial charge in [-0.15, -0.1) is 11.3 Å². The molecule has 2 rings (SSSR count). The molecule has 0 aliphatic carbocycles. The molecule has 1 aromatic heterocycles. The van der Waals surface area contributed by atoms with E-state index in [1.807, 2.05) is 0 Å². The molecule has 2 aromatic rings. The highest BCUT2D eigenvalue weighted by Gasteiger charge is 2.47. The van der Waals surface area contributed by atoms with Crippen molar-refractivity contribution in [1.29, 1.82) is 0 Å². The first-order valence-corrected chi connectivity index (χ1v) is 5.84. The second-order valence-corrected chi connectivity index (χ2v) is 4.78. The van der Waals surface area contributed by atoms with E-state index in [1.54, 1.807) is 5.38 Å². The number of hydrogen-bond acceptors (Lipinski definition) is 1. The lowest BCUT2D eigenvalue weighted by atomic mass is 9.99. The number of hydrogen-bond donors (Lipinski definition) is 0. The molecule has 0 aliphatic rings. The maximum absolute atomic E-state index is 12.9. The van der Waals surface area contributed by atoms with Gasteiger partial charge in [0.25, 0.3) is 0 Å². The SMILES string of the molecule is FC(F)(F)c1ccc2s[c]c(C(F)(F)F)c2c1C(F)(F)F. The van der Waals surface area contributed by atoms with Crippen molar-refractivity contribution < 1.29 is 39.5 Å². The van der Waals surface area contributed by atoms with Gasteiger partial charge in [-0.2, -0.15) is 39.5 Å². The smallest absolute Gasteiger partial charge is 0.166 e. The average molecular weight is 337 g/mol. The Labute approximate surface area is 114 Å². The zero-order chi connectivity index (χ0) is 16.2. The van der Waals surface area contributed by atoms with Crippen molar-refractivity contribution in [3.05, 3.63) is 34.2 Å². The Morgan fingerprint density at radius 3 is 1.76 bits per heavy atom. The van der Waals surface area contributed by atoms with Crippen LogP contribution in [0.2, 0.25) is 0 Å². The Bertz CT molecular complexity index is 672. The Balaban J connectivity index is 2.98. The van der Waals surface area contributed by atoms with Crippen LogP contribution in [0.25, 0.3) is 10.1 Å². The molecule has 0 N–H and O–H groups in total. The largest absolute Gasteiger partial charge is 0.418 e. The van der Waals surface area contributed by atoms with Crippen molar-refractivity contribution in [3.63, 3.8) is 0 Å². The Morgan fingerprint density at radius 2 is 1.33 bits per heavy atom. The van der Waals surface area contributed by atoms with Crippen molar-refractivity contribution in [2.75, 3.05) is 0 Å². The van der Waals surface area contributed by atoms with Crippen molar-refractivity contribution in [2.24, 2.45) is 0 Å². The van der Waals surface area contributed by atoms with Gasteiger partial charge in [-0.1, -0.05) is 0 Å². The van der Waals surface area contributed by atoms with Gasteiger partial charge in [-0.05, 0) is 12.1 Å². The van der Waals surface area contributed by atoms with Gasteiger partial charge in [-0.3, -0.25) is 0 Å². The summed E-state index contributed by atoms with van der Waals surface area (Å²) in [5, 5.41) is 0.0755. The van der Waals surface area contributed by atoms with Crippen LogP contribution >= 0.6 is 11.3 Å². The Kier molecular flexibility index (Phi) is 3.43. The minimum absolute atomic E-state index is 0.121. The molecule has 0 saturated heterocycles. The summed E-state index contributed by atoms with van der Waals surface area (Å²) in [6, 6.07) is 0.694. The van der Waals surface area contributed by atoms with Crippen molar-refractivity contribution in [3.8, 4) is 0 Å². The fraction of sp³-hybridized carbons (Fsp3) is 0.273. The summed E-state index contributed by atoms with van der Waals surface area (Å²) in [7, 11) is 0. The van der Waals surface area contributed by atoms with E-state index in [0.29, 0.717) is 6.07 Å². The van der Waals surface area contributed by atoms with Crippen molar-refractivity contribution in [2.45, 2.75) is 18.5 Å². The van der Waals surface area contributed by atoms with Gasteiger partial charge in [0, 0.05) is 10.1 Å². The molecule has 21 heavy (non-hydrogen) atoms.